The predicted molar refractivity (Wildman–Crippen MR) is 115 cm³/mol. The molecule has 1 heterocycles. The molecule has 0 aromatic heterocycles. The molecule has 0 spiro atoms. The summed E-state index contributed by atoms with van der Waals surface area (Å²) in [6.45, 7) is 3.21. The van der Waals surface area contributed by atoms with Crippen molar-refractivity contribution in [2.45, 2.75) is 19.3 Å². The van der Waals surface area contributed by atoms with Gasteiger partial charge >= 0.3 is 0 Å². The Morgan fingerprint density at radius 2 is 2.04 bits per heavy atom. The van der Waals surface area contributed by atoms with Crippen LogP contribution in [0, 0.1) is 0 Å². The fourth-order valence-electron chi connectivity index (χ4n) is 2.53. The van der Waals surface area contributed by atoms with Crippen molar-refractivity contribution in [3.63, 3.8) is 0 Å². The van der Waals surface area contributed by atoms with Crippen LogP contribution in [0.4, 0.5) is 0 Å². The third-order valence-corrected chi connectivity index (χ3v) is 4.32. The molecule has 25 heavy (non-hydrogen) atoms. The van der Waals surface area contributed by atoms with Crippen LogP contribution in [0.3, 0.4) is 0 Å². The highest BCUT2D eigenvalue weighted by atomic mass is 127. The summed E-state index contributed by atoms with van der Waals surface area (Å²) in [5.41, 5.74) is 2.54. The van der Waals surface area contributed by atoms with Crippen LogP contribution >= 0.6 is 35.6 Å². The van der Waals surface area contributed by atoms with Crippen LogP contribution in [0.5, 0.6) is 5.75 Å². The van der Waals surface area contributed by atoms with Crippen molar-refractivity contribution in [1.82, 2.24) is 10.6 Å². The molecule has 5 nitrogen and oxygen atoms in total. The molecule has 1 aliphatic rings. The Balaban J connectivity index is 0.00000312. The minimum absolute atomic E-state index is 0. The van der Waals surface area contributed by atoms with E-state index in [0.717, 1.165) is 67.9 Å². The molecule has 140 valence electrons. The number of benzene rings is 1. The van der Waals surface area contributed by atoms with E-state index in [0.29, 0.717) is 0 Å². The van der Waals surface area contributed by atoms with Crippen LogP contribution in [-0.2, 0) is 11.2 Å². The van der Waals surface area contributed by atoms with Crippen molar-refractivity contribution in [2.75, 3.05) is 40.5 Å². The summed E-state index contributed by atoms with van der Waals surface area (Å²) < 4.78 is 10.5. The van der Waals surface area contributed by atoms with Gasteiger partial charge < -0.3 is 20.1 Å². The molecule has 1 aromatic carbocycles. The molecule has 0 radical (unpaired) electrons. The number of hydrogen-bond acceptors (Lipinski definition) is 3. The molecule has 0 amide bonds. The van der Waals surface area contributed by atoms with E-state index in [1.165, 1.54) is 5.57 Å². The lowest BCUT2D eigenvalue weighted by Gasteiger charge is -2.15. The zero-order valence-electron chi connectivity index (χ0n) is 14.8. The zero-order valence-corrected chi connectivity index (χ0v) is 17.9. The van der Waals surface area contributed by atoms with Gasteiger partial charge in [-0.2, -0.15) is 0 Å². The number of ether oxygens (including phenoxy) is 2. The Hall–Kier alpha value is -0.990. The maximum absolute atomic E-state index is 6.26. The van der Waals surface area contributed by atoms with Crippen molar-refractivity contribution >= 4 is 41.5 Å². The molecular weight excluding hydrogens is 453 g/mol. The van der Waals surface area contributed by atoms with E-state index < -0.39 is 0 Å². The van der Waals surface area contributed by atoms with Gasteiger partial charge in [0.1, 0.15) is 5.75 Å². The van der Waals surface area contributed by atoms with E-state index in [1.54, 1.807) is 14.2 Å². The molecule has 0 saturated heterocycles. The molecule has 0 unspecified atom stereocenters. The van der Waals surface area contributed by atoms with E-state index in [9.17, 15) is 0 Å². The van der Waals surface area contributed by atoms with Gasteiger partial charge in [-0.15, -0.1) is 24.0 Å². The SMILES string of the molecule is CN=C(NCCC1=CCOCC1)NCCc1ccc(OC)cc1Cl.I. The van der Waals surface area contributed by atoms with Crippen LogP contribution in [0.2, 0.25) is 5.02 Å². The van der Waals surface area contributed by atoms with Crippen LogP contribution in [0.15, 0.2) is 34.8 Å². The Morgan fingerprint density at radius 1 is 1.28 bits per heavy atom. The number of aliphatic imine (C=N–C) groups is 1. The second-order valence-corrected chi connectivity index (χ2v) is 5.98. The first kappa shape index (κ1) is 22.1. The molecule has 0 fully saturated rings. The van der Waals surface area contributed by atoms with Gasteiger partial charge in [-0.05, 0) is 37.0 Å². The van der Waals surface area contributed by atoms with Crippen molar-refractivity contribution in [2.24, 2.45) is 4.99 Å². The highest BCUT2D eigenvalue weighted by Gasteiger charge is 2.05. The van der Waals surface area contributed by atoms with Crippen molar-refractivity contribution < 1.29 is 9.47 Å². The molecule has 0 atom stereocenters. The molecule has 1 aliphatic heterocycles. The fourth-order valence-corrected chi connectivity index (χ4v) is 2.79. The monoisotopic (exact) mass is 479 g/mol. The summed E-state index contributed by atoms with van der Waals surface area (Å²) >= 11 is 6.26. The van der Waals surface area contributed by atoms with E-state index in [2.05, 4.69) is 21.7 Å². The van der Waals surface area contributed by atoms with Crippen molar-refractivity contribution in [3.05, 3.63) is 40.4 Å². The lowest BCUT2D eigenvalue weighted by molar-refractivity contribution is 0.153. The number of methoxy groups -OCH3 is 1. The van der Waals surface area contributed by atoms with Crippen LogP contribution in [-0.4, -0.2) is 46.4 Å². The third-order valence-electron chi connectivity index (χ3n) is 3.97. The van der Waals surface area contributed by atoms with Gasteiger partial charge in [0, 0.05) is 25.2 Å². The lowest BCUT2D eigenvalue weighted by atomic mass is 10.1. The smallest absolute Gasteiger partial charge is 0.190 e. The number of nitrogens with zero attached hydrogens (tertiary/aromatic N) is 1. The summed E-state index contributed by atoms with van der Waals surface area (Å²) in [5, 5.41) is 7.38. The first-order valence-electron chi connectivity index (χ1n) is 8.25. The van der Waals surface area contributed by atoms with Gasteiger partial charge in [-0.3, -0.25) is 4.99 Å². The number of halogens is 2. The lowest BCUT2D eigenvalue weighted by Crippen LogP contribution is -2.38. The van der Waals surface area contributed by atoms with Gasteiger partial charge in [0.25, 0.3) is 0 Å². The summed E-state index contributed by atoms with van der Waals surface area (Å²) in [6, 6.07) is 5.76. The Bertz CT molecular complexity index is 594. The molecule has 0 saturated carbocycles. The van der Waals surface area contributed by atoms with E-state index in [-0.39, 0.29) is 24.0 Å². The molecule has 0 aliphatic carbocycles. The quantitative estimate of drug-likeness (QED) is 0.272. The Kier molecular flexibility index (Phi) is 10.9. The summed E-state index contributed by atoms with van der Waals surface area (Å²) in [5.74, 6) is 1.59. The first-order chi connectivity index (χ1) is 11.7. The topological polar surface area (TPSA) is 54.9 Å². The molecule has 2 rings (SSSR count). The van der Waals surface area contributed by atoms with Crippen LogP contribution < -0.4 is 15.4 Å². The number of rotatable bonds is 7. The standard InChI is InChI=1S/C18H26ClN3O2.HI/c1-20-18(21-9-5-14-7-11-24-12-8-14)22-10-6-15-3-4-16(23-2)13-17(15)19;/h3-4,7,13H,5-6,8-12H2,1-2H3,(H2,20,21,22);1H. The highest BCUT2D eigenvalue weighted by molar-refractivity contribution is 14.0. The zero-order chi connectivity index (χ0) is 17.2. The molecule has 1 aromatic rings. The molecule has 0 bridgehead atoms. The predicted octanol–water partition coefficient (Wildman–Crippen LogP) is 3.41. The number of hydrogen-bond donors (Lipinski definition) is 2. The minimum atomic E-state index is 0. The summed E-state index contributed by atoms with van der Waals surface area (Å²) in [6.07, 6.45) is 5.05. The highest BCUT2D eigenvalue weighted by Crippen LogP contribution is 2.22. The normalized spacial score (nSPS) is 14.4. The second kappa shape index (κ2) is 12.4. The van der Waals surface area contributed by atoms with Crippen LogP contribution in [0.25, 0.3) is 0 Å². The van der Waals surface area contributed by atoms with Gasteiger partial charge in [-0.25, -0.2) is 0 Å². The van der Waals surface area contributed by atoms with E-state index in [4.69, 9.17) is 21.1 Å². The summed E-state index contributed by atoms with van der Waals surface area (Å²) in [7, 11) is 3.42. The molecular formula is C18H27ClIN3O2. The van der Waals surface area contributed by atoms with E-state index >= 15 is 0 Å². The van der Waals surface area contributed by atoms with Gasteiger partial charge in [0.2, 0.25) is 0 Å². The maximum Gasteiger partial charge on any atom is 0.190 e. The third kappa shape index (κ3) is 7.83. The minimum Gasteiger partial charge on any atom is -0.497 e. The second-order valence-electron chi connectivity index (χ2n) is 5.57. The summed E-state index contributed by atoms with van der Waals surface area (Å²) in [4.78, 5) is 4.25. The van der Waals surface area contributed by atoms with Crippen molar-refractivity contribution in [3.8, 4) is 5.75 Å². The average Bonchev–Trinajstić information content (AvgIpc) is 2.62. The van der Waals surface area contributed by atoms with Gasteiger partial charge in [0.05, 0.1) is 20.3 Å². The fraction of sp³-hybridized carbons (Fsp3) is 0.500. The largest absolute Gasteiger partial charge is 0.497 e. The van der Waals surface area contributed by atoms with Crippen molar-refractivity contribution in [1.29, 1.82) is 0 Å². The van der Waals surface area contributed by atoms with Gasteiger partial charge in [0.15, 0.2) is 5.96 Å². The number of nitrogens with one attached hydrogen (secondary N) is 2. The maximum atomic E-state index is 6.26. The number of guanidine groups is 1. The molecule has 2 N–H and O–H groups in total. The van der Waals surface area contributed by atoms with E-state index in [1.807, 2.05) is 18.2 Å². The van der Waals surface area contributed by atoms with Crippen LogP contribution in [0.1, 0.15) is 18.4 Å². The Labute approximate surface area is 172 Å². The molecule has 7 heteroatoms. The average molecular weight is 480 g/mol. The van der Waals surface area contributed by atoms with Gasteiger partial charge in [-0.1, -0.05) is 29.3 Å². The first-order valence-corrected chi connectivity index (χ1v) is 8.63. The Morgan fingerprint density at radius 3 is 2.64 bits per heavy atom.